The minimum absolute atomic E-state index is 1.08. The molecule has 0 heterocycles. The zero-order valence-electron chi connectivity index (χ0n) is 4.17. The van der Waals surface area contributed by atoms with Crippen molar-refractivity contribution in [3.05, 3.63) is 12.2 Å². The third-order valence-corrected chi connectivity index (χ3v) is 2.81. The lowest BCUT2D eigenvalue weighted by Gasteiger charge is -2.09. The van der Waals surface area contributed by atoms with Crippen molar-refractivity contribution in [3.8, 4) is 0 Å². The fourth-order valence-electron chi connectivity index (χ4n) is 2.20. The van der Waals surface area contributed by atoms with E-state index in [-0.39, 0.29) is 0 Å². The van der Waals surface area contributed by atoms with Crippen LogP contribution in [0.1, 0.15) is 6.42 Å². The summed E-state index contributed by atoms with van der Waals surface area (Å²) >= 11 is 0. The molecule has 0 radical (unpaired) electrons. The number of hydrogen-bond acceptors (Lipinski definition) is 0. The van der Waals surface area contributed by atoms with Gasteiger partial charge in [-0.05, 0) is 30.1 Å². The standard InChI is InChI=1S/C7H8/c1-2-4-6-5(3-1)7(4)6/h1-2,4-7H,3H2. The van der Waals surface area contributed by atoms with Crippen LogP contribution in [-0.4, -0.2) is 0 Å². The van der Waals surface area contributed by atoms with Gasteiger partial charge in [-0.25, -0.2) is 0 Å². The van der Waals surface area contributed by atoms with E-state index in [4.69, 9.17) is 0 Å². The molecule has 2 unspecified atom stereocenters. The van der Waals surface area contributed by atoms with Gasteiger partial charge in [0.25, 0.3) is 0 Å². The molecule has 0 saturated heterocycles. The van der Waals surface area contributed by atoms with Crippen LogP contribution in [0.3, 0.4) is 0 Å². The zero-order valence-corrected chi connectivity index (χ0v) is 4.17. The van der Waals surface area contributed by atoms with E-state index in [0.29, 0.717) is 0 Å². The third kappa shape index (κ3) is 0.170. The van der Waals surface area contributed by atoms with Crippen molar-refractivity contribution in [2.45, 2.75) is 6.42 Å². The minimum atomic E-state index is 1.08. The molecule has 7 heavy (non-hydrogen) atoms. The smallest absolute Gasteiger partial charge is 0.0165 e. The Balaban J connectivity index is 2.13. The maximum Gasteiger partial charge on any atom is -0.0165 e. The normalized spacial score (nSPS) is 69.7. The molecule has 2 atom stereocenters. The van der Waals surface area contributed by atoms with Gasteiger partial charge in [-0.1, -0.05) is 12.2 Å². The highest BCUT2D eigenvalue weighted by molar-refractivity contribution is 5.30. The monoisotopic (exact) mass is 92.1 g/mol. The Hall–Kier alpha value is -0.260. The minimum Gasteiger partial charge on any atom is -0.0879 e. The third-order valence-electron chi connectivity index (χ3n) is 2.81. The van der Waals surface area contributed by atoms with Crippen LogP contribution in [0.5, 0.6) is 0 Å². The zero-order chi connectivity index (χ0) is 4.43. The summed E-state index contributed by atoms with van der Waals surface area (Å²) in [6, 6.07) is 0. The first-order valence-corrected chi connectivity index (χ1v) is 3.15. The Labute approximate surface area is 43.2 Å². The Morgan fingerprint density at radius 2 is 2.14 bits per heavy atom. The maximum atomic E-state index is 2.41. The summed E-state index contributed by atoms with van der Waals surface area (Å²) in [4.78, 5) is 0. The molecule has 0 aromatic carbocycles. The second-order valence-corrected chi connectivity index (χ2v) is 3.06. The van der Waals surface area contributed by atoms with E-state index < -0.39 is 0 Å². The molecule has 2 saturated carbocycles. The molecular weight excluding hydrogens is 84.1 g/mol. The van der Waals surface area contributed by atoms with E-state index in [2.05, 4.69) is 12.2 Å². The fraction of sp³-hybridized carbons (Fsp3) is 0.714. The van der Waals surface area contributed by atoms with Gasteiger partial charge in [-0.15, -0.1) is 0 Å². The SMILES string of the molecule is C1=CC2C3C(C1)C23. The number of hydrogen-bond donors (Lipinski definition) is 0. The lowest BCUT2D eigenvalue weighted by Crippen LogP contribution is -2.01. The van der Waals surface area contributed by atoms with Gasteiger partial charge in [0.15, 0.2) is 0 Å². The molecule has 0 heteroatoms. The lowest BCUT2D eigenvalue weighted by atomic mass is 9.96. The van der Waals surface area contributed by atoms with Gasteiger partial charge in [-0.2, -0.15) is 0 Å². The molecule has 2 fully saturated rings. The average molecular weight is 92.1 g/mol. The molecule has 2 bridgehead atoms. The quantitative estimate of drug-likeness (QED) is 0.396. The highest BCUT2D eigenvalue weighted by atomic mass is 14.8. The van der Waals surface area contributed by atoms with E-state index in [1.807, 2.05) is 0 Å². The molecule has 4 rings (SSSR count). The van der Waals surface area contributed by atoms with Crippen molar-refractivity contribution >= 4 is 0 Å². The summed E-state index contributed by atoms with van der Waals surface area (Å²) in [6.07, 6.45) is 6.18. The van der Waals surface area contributed by atoms with Crippen LogP contribution in [0.25, 0.3) is 0 Å². The largest absolute Gasteiger partial charge is 0.0879 e. The molecule has 0 aromatic heterocycles. The van der Waals surface area contributed by atoms with E-state index in [0.717, 1.165) is 5.92 Å². The van der Waals surface area contributed by atoms with Crippen LogP contribution in [0, 0.1) is 23.7 Å². The highest BCUT2D eigenvalue weighted by Gasteiger charge is 2.72. The van der Waals surface area contributed by atoms with E-state index >= 15 is 0 Å². The second-order valence-electron chi connectivity index (χ2n) is 3.06. The van der Waals surface area contributed by atoms with Crippen LogP contribution < -0.4 is 0 Å². The lowest BCUT2D eigenvalue weighted by molar-refractivity contribution is 0.516. The molecule has 4 aliphatic rings. The number of fused-ring (bicyclic) bond motifs is 1. The molecule has 0 spiro atoms. The predicted octanol–water partition coefficient (Wildman–Crippen LogP) is 1.44. The summed E-state index contributed by atoms with van der Waals surface area (Å²) in [5, 5.41) is 0. The summed E-state index contributed by atoms with van der Waals surface area (Å²) < 4.78 is 0. The van der Waals surface area contributed by atoms with Crippen molar-refractivity contribution in [1.29, 1.82) is 0 Å². The highest BCUT2D eigenvalue weighted by Crippen LogP contribution is 2.76. The Morgan fingerprint density at radius 1 is 1.29 bits per heavy atom. The van der Waals surface area contributed by atoms with E-state index in [1.54, 1.807) is 0 Å². The molecule has 4 aliphatic carbocycles. The summed E-state index contributed by atoms with van der Waals surface area (Å²) in [6.45, 7) is 0. The van der Waals surface area contributed by atoms with Gasteiger partial charge < -0.3 is 0 Å². The van der Waals surface area contributed by atoms with Gasteiger partial charge in [-0.3, -0.25) is 0 Å². The molecule has 36 valence electrons. The van der Waals surface area contributed by atoms with Gasteiger partial charge in [0.1, 0.15) is 0 Å². The van der Waals surface area contributed by atoms with Crippen LogP contribution in [0.4, 0.5) is 0 Å². The van der Waals surface area contributed by atoms with Crippen LogP contribution in [0.15, 0.2) is 12.2 Å². The Kier molecular flexibility index (Phi) is 0.247. The van der Waals surface area contributed by atoms with Gasteiger partial charge >= 0.3 is 0 Å². The first-order chi connectivity index (χ1) is 3.48. The fourth-order valence-corrected chi connectivity index (χ4v) is 2.20. The van der Waals surface area contributed by atoms with Crippen LogP contribution in [-0.2, 0) is 0 Å². The van der Waals surface area contributed by atoms with E-state index in [9.17, 15) is 0 Å². The van der Waals surface area contributed by atoms with Crippen molar-refractivity contribution in [2.24, 2.45) is 23.7 Å². The number of allylic oxidation sites excluding steroid dienone is 2. The van der Waals surface area contributed by atoms with Crippen LogP contribution in [0.2, 0.25) is 0 Å². The molecular formula is C7H8. The van der Waals surface area contributed by atoms with Gasteiger partial charge in [0, 0.05) is 0 Å². The molecule has 0 N–H and O–H groups in total. The molecule has 0 aromatic rings. The van der Waals surface area contributed by atoms with Crippen molar-refractivity contribution in [1.82, 2.24) is 0 Å². The van der Waals surface area contributed by atoms with E-state index in [1.165, 1.54) is 24.2 Å². The first kappa shape index (κ1) is 2.91. The predicted molar refractivity (Wildman–Crippen MR) is 27.7 cm³/mol. The van der Waals surface area contributed by atoms with Crippen molar-refractivity contribution in [2.75, 3.05) is 0 Å². The summed E-state index contributed by atoms with van der Waals surface area (Å²) in [5.74, 6) is 4.66. The Morgan fingerprint density at radius 3 is 2.43 bits per heavy atom. The van der Waals surface area contributed by atoms with Gasteiger partial charge in [0.05, 0.1) is 0 Å². The molecule has 0 nitrogen and oxygen atoms in total. The number of rotatable bonds is 0. The first-order valence-electron chi connectivity index (χ1n) is 3.15. The summed E-state index contributed by atoms with van der Waals surface area (Å²) in [7, 11) is 0. The van der Waals surface area contributed by atoms with Gasteiger partial charge in [0.2, 0.25) is 0 Å². The maximum absolute atomic E-state index is 2.41. The van der Waals surface area contributed by atoms with Crippen molar-refractivity contribution < 1.29 is 0 Å². The second kappa shape index (κ2) is 0.594. The molecule has 0 amide bonds. The Bertz CT molecular complexity index is 129. The van der Waals surface area contributed by atoms with Crippen LogP contribution >= 0.6 is 0 Å². The van der Waals surface area contributed by atoms with Crippen molar-refractivity contribution in [3.63, 3.8) is 0 Å². The topological polar surface area (TPSA) is 0 Å². The summed E-state index contributed by atoms with van der Waals surface area (Å²) in [5.41, 5.74) is 0. The average Bonchev–Trinajstić information content (AvgIpc) is 2.53. The molecule has 0 aliphatic heterocycles.